The van der Waals surface area contributed by atoms with E-state index in [-0.39, 0.29) is 112 Å². The van der Waals surface area contributed by atoms with Crippen molar-refractivity contribution in [1.82, 2.24) is 40.7 Å². The lowest BCUT2D eigenvalue weighted by molar-refractivity contribution is -0.144. The van der Waals surface area contributed by atoms with Gasteiger partial charge in [-0.05, 0) is 48.1 Å². The van der Waals surface area contributed by atoms with Gasteiger partial charge in [-0.1, -0.05) is 62.7 Å². The number of carbonyl (C=O) groups is 4. The summed E-state index contributed by atoms with van der Waals surface area (Å²) in [7, 11) is 1.66. The molecule has 2 saturated heterocycles. The summed E-state index contributed by atoms with van der Waals surface area (Å²) in [4.78, 5) is 72.7. The molecule has 0 aliphatic carbocycles. The predicted molar refractivity (Wildman–Crippen MR) is 297 cm³/mol. The molecule has 5 aromatic rings. The molecule has 4 amide bonds. The van der Waals surface area contributed by atoms with Crippen molar-refractivity contribution in [3.05, 3.63) is 82.0 Å². The summed E-state index contributed by atoms with van der Waals surface area (Å²) in [6, 6.07) is 11.4. The van der Waals surface area contributed by atoms with Gasteiger partial charge in [-0.15, -0.1) is 11.3 Å². The number of hydrogen-bond donors (Lipinski definition) is 6. The third-order valence-electron chi connectivity index (χ3n) is 13.4. The van der Waals surface area contributed by atoms with Crippen LogP contribution in [-0.4, -0.2) is 189 Å². The fourth-order valence-electron chi connectivity index (χ4n) is 9.16. The molecule has 2 aliphatic rings. The van der Waals surface area contributed by atoms with Crippen LogP contribution in [0.3, 0.4) is 0 Å². The third-order valence-corrected chi connectivity index (χ3v) is 14.7. The summed E-state index contributed by atoms with van der Waals surface area (Å²) in [6.07, 6.45) is -0.146. The number of nitrogens with one attached hydrogen (secondary N) is 4. The van der Waals surface area contributed by atoms with Gasteiger partial charge in [0.25, 0.3) is 0 Å². The Hall–Kier alpha value is -6.18. The number of likely N-dealkylation sites (N-methyl/N-ethyl adjacent to an activating group) is 1. The molecular formula is C55H71ClF2N10O10S. The summed E-state index contributed by atoms with van der Waals surface area (Å²) in [5, 5.41) is 33.2. The zero-order valence-electron chi connectivity index (χ0n) is 45.2. The number of aliphatic hydroxyl groups is 1. The van der Waals surface area contributed by atoms with Gasteiger partial charge in [0.15, 0.2) is 5.82 Å². The molecule has 0 spiro atoms. The normalized spacial score (nSPS) is 16.1. The fourth-order valence-corrected chi connectivity index (χ4v) is 10.3. The lowest BCUT2D eigenvalue weighted by Crippen LogP contribution is -2.58. The van der Waals surface area contributed by atoms with Gasteiger partial charge >= 0.3 is 0 Å². The molecule has 2 unspecified atom stereocenters. The number of hydrogen-bond acceptors (Lipinski definition) is 17. The fraction of sp³-hybridized carbons (Fsp3) is 0.509. The molecule has 4 heterocycles. The Kier molecular flexibility index (Phi) is 22.0. The van der Waals surface area contributed by atoms with Crippen LogP contribution >= 0.6 is 22.9 Å². The minimum atomic E-state index is -0.989. The van der Waals surface area contributed by atoms with Crippen LogP contribution in [0.25, 0.3) is 32.5 Å². The summed E-state index contributed by atoms with van der Waals surface area (Å²) in [6.45, 7) is 12.0. The Labute approximate surface area is 467 Å². The van der Waals surface area contributed by atoms with Crippen LogP contribution in [0.4, 0.5) is 20.5 Å². The molecule has 2 aliphatic heterocycles. The van der Waals surface area contributed by atoms with Crippen LogP contribution in [-0.2, 0) is 44.5 Å². The first-order valence-electron chi connectivity index (χ1n) is 26.4. The van der Waals surface area contributed by atoms with Crippen LogP contribution in [0.15, 0.2) is 54.0 Å². The molecule has 2 aromatic heterocycles. The molecule has 3 aromatic carbocycles. The smallest absolute Gasteiger partial charge is 0.246 e. The van der Waals surface area contributed by atoms with Gasteiger partial charge < -0.3 is 65.1 Å². The van der Waals surface area contributed by atoms with E-state index >= 15 is 4.39 Å². The Morgan fingerprint density at radius 3 is 2.28 bits per heavy atom. The quantitative estimate of drug-likeness (QED) is 0.0381. The molecule has 7 rings (SSSR count). The van der Waals surface area contributed by atoms with E-state index in [0.717, 1.165) is 27.8 Å². The number of benzene rings is 3. The number of aromatic hydroxyl groups is 1. The number of anilines is 2. The molecule has 428 valence electrons. The summed E-state index contributed by atoms with van der Waals surface area (Å²) < 4.78 is 53.6. The largest absolute Gasteiger partial charge is 0.507 e. The number of likely N-dealkylation sites (tertiary alicyclic amines) is 1. The first-order valence-corrected chi connectivity index (χ1v) is 27.6. The van der Waals surface area contributed by atoms with Crippen molar-refractivity contribution in [2.75, 3.05) is 122 Å². The van der Waals surface area contributed by atoms with E-state index in [1.807, 2.05) is 62.4 Å². The van der Waals surface area contributed by atoms with Crippen molar-refractivity contribution >= 4 is 69.2 Å². The minimum Gasteiger partial charge on any atom is -0.507 e. The number of fused-ring (bicyclic) bond motifs is 1. The van der Waals surface area contributed by atoms with Crippen LogP contribution in [0.1, 0.15) is 44.9 Å². The maximum Gasteiger partial charge on any atom is 0.246 e. The van der Waals surface area contributed by atoms with Gasteiger partial charge in [-0.25, -0.2) is 18.7 Å². The van der Waals surface area contributed by atoms with E-state index in [1.165, 1.54) is 28.0 Å². The highest BCUT2D eigenvalue weighted by Crippen LogP contribution is 2.42. The van der Waals surface area contributed by atoms with Crippen molar-refractivity contribution in [3.63, 3.8) is 0 Å². The lowest BCUT2D eigenvalue weighted by Gasteiger charge is -2.35. The molecule has 6 N–H and O–H groups in total. The van der Waals surface area contributed by atoms with E-state index in [2.05, 4.69) is 36.2 Å². The zero-order valence-corrected chi connectivity index (χ0v) is 46.8. The van der Waals surface area contributed by atoms with Crippen LogP contribution in [0.5, 0.6) is 5.75 Å². The second-order valence-corrected chi connectivity index (χ2v) is 21.6. The maximum absolute atomic E-state index is 16.3. The van der Waals surface area contributed by atoms with Gasteiger partial charge in [0.1, 0.15) is 41.6 Å². The number of ether oxygens (including phenoxy) is 4. The number of piperazine rings is 1. The topological polar surface area (TPSA) is 242 Å². The number of thiazole rings is 1. The minimum absolute atomic E-state index is 0.0310. The third kappa shape index (κ3) is 16.5. The number of phenolic OH excluding ortho intramolecular Hbond substituents is 1. The number of aliphatic hydroxyl groups excluding tert-OH is 1. The summed E-state index contributed by atoms with van der Waals surface area (Å²) in [5.41, 5.74) is 3.38. The Balaban J connectivity index is 0.744. The molecule has 3 atom stereocenters. The number of phenols is 1. The number of rotatable bonds is 27. The molecule has 0 saturated carbocycles. The average molecular weight is 1140 g/mol. The van der Waals surface area contributed by atoms with Crippen molar-refractivity contribution < 1.29 is 57.1 Å². The zero-order chi connectivity index (χ0) is 56.6. The number of β-amino-alcohol motifs (C(OH)–C–C–N with tert-alkyl or cyclic N) is 1. The molecule has 20 nitrogen and oxygen atoms in total. The number of aryl methyl sites for hydroxylation is 1. The lowest BCUT2D eigenvalue weighted by atomic mass is 9.85. The second-order valence-electron chi connectivity index (χ2n) is 20.3. The monoisotopic (exact) mass is 1140 g/mol. The number of nitrogens with zero attached hydrogens (tertiary/aromatic N) is 6. The Bertz CT molecular complexity index is 2850. The highest BCUT2D eigenvalue weighted by atomic mass is 35.5. The predicted octanol–water partition coefficient (Wildman–Crippen LogP) is 4.95. The highest BCUT2D eigenvalue weighted by molar-refractivity contribution is 7.13. The van der Waals surface area contributed by atoms with Gasteiger partial charge in [0.2, 0.25) is 29.6 Å². The molecule has 79 heavy (non-hydrogen) atoms. The Morgan fingerprint density at radius 2 is 1.62 bits per heavy atom. The Morgan fingerprint density at radius 1 is 0.937 bits per heavy atom. The summed E-state index contributed by atoms with van der Waals surface area (Å²) >= 11 is 8.13. The van der Waals surface area contributed by atoms with E-state index < -0.39 is 52.8 Å². The van der Waals surface area contributed by atoms with Crippen LogP contribution in [0, 0.1) is 24.0 Å². The number of amides is 4. The molecular weight excluding hydrogens is 1070 g/mol. The molecule has 24 heteroatoms. The molecule has 0 radical (unpaired) electrons. The second kappa shape index (κ2) is 28.8. The van der Waals surface area contributed by atoms with Crippen LogP contribution < -0.4 is 26.2 Å². The molecule has 0 bridgehead atoms. The first-order chi connectivity index (χ1) is 37.9. The average Bonchev–Trinajstić information content (AvgIpc) is 4.20. The van der Waals surface area contributed by atoms with E-state index in [1.54, 1.807) is 18.4 Å². The summed E-state index contributed by atoms with van der Waals surface area (Å²) in [5.74, 6) is -3.26. The van der Waals surface area contributed by atoms with Gasteiger partial charge in [0.05, 0.1) is 79.0 Å². The van der Waals surface area contributed by atoms with Crippen molar-refractivity contribution in [2.45, 2.75) is 65.1 Å². The number of halogens is 3. The van der Waals surface area contributed by atoms with Gasteiger partial charge in [-0.2, -0.15) is 4.98 Å². The number of aromatic nitrogens is 3. The van der Waals surface area contributed by atoms with Gasteiger partial charge in [-0.3, -0.25) is 19.2 Å². The van der Waals surface area contributed by atoms with Gasteiger partial charge in [0, 0.05) is 83.2 Å². The van der Waals surface area contributed by atoms with Crippen molar-refractivity contribution in [2.24, 2.45) is 5.41 Å². The molecule has 2 fully saturated rings. The number of carbonyl (C=O) groups excluding carboxylic acids is 4. The standard InChI is InChI=1S/C55H71ClF2N10O10S/c1-34-49(79-33-62-34)36-11-9-35(10-12-36)13-15-60-52(73)41-29-37(69)31-68(41)53(74)50(55(2,3)4)63-43(71)32-78-28-27-77-26-25-76-24-23-75-22-21-66(5)44(72)14-16-61-54-64-48-38(51(65-54)67-19-17-59-18-20-67)30-39(56)45(47(48)58)46-40(57)7-6-8-42(46)70/h6-12,30,33,37,41,50,59,69-70H,13-29,31-32H2,1-5H3,(H,60,73)(H,63,71)(H,61,64,65)/t37?,41?,50-/m1/s1. The maximum atomic E-state index is 16.3. The highest BCUT2D eigenvalue weighted by Gasteiger charge is 2.44. The van der Waals surface area contributed by atoms with E-state index in [9.17, 15) is 33.8 Å². The van der Waals surface area contributed by atoms with Crippen molar-refractivity contribution in [1.29, 1.82) is 0 Å². The van der Waals surface area contributed by atoms with E-state index in [0.29, 0.717) is 63.5 Å². The van der Waals surface area contributed by atoms with E-state index in [4.69, 9.17) is 30.5 Å². The first kappa shape index (κ1) is 60.5. The van der Waals surface area contributed by atoms with Crippen LogP contribution in [0.2, 0.25) is 5.02 Å². The SMILES string of the molecule is Cc1ncsc1-c1ccc(CCNC(=O)C2CC(O)CN2C(=O)[C@@H](NC(=O)COCCOCCOCCOCCN(C)C(=O)CCNc2nc(N3CCNCC3)c3cc(Cl)c(-c4c(O)cccc4F)c(F)c3n2)C(C)(C)C)cc1. The van der Waals surface area contributed by atoms with Crippen molar-refractivity contribution in [3.8, 4) is 27.3 Å².